The number of anilines is 1. The zero-order chi connectivity index (χ0) is 33.1. The van der Waals surface area contributed by atoms with Gasteiger partial charge in [0, 0.05) is 18.2 Å². The molecule has 0 saturated heterocycles. The number of ether oxygens (including phenoxy) is 4. The van der Waals surface area contributed by atoms with Crippen LogP contribution in [0.3, 0.4) is 0 Å². The van der Waals surface area contributed by atoms with Gasteiger partial charge in [-0.25, -0.2) is 14.0 Å². The number of carbonyl (C=O) groups is 2. The van der Waals surface area contributed by atoms with Gasteiger partial charge in [0.05, 0.1) is 19.9 Å². The maximum atomic E-state index is 15.9. The number of aromatic nitrogens is 5. The second-order valence-electron chi connectivity index (χ2n) is 9.12. The minimum absolute atomic E-state index is 0.00487. The number of carboxylic acids is 1. The van der Waals surface area contributed by atoms with Crippen molar-refractivity contribution in [2.75, 3.05) is 32.2 Å². The van der Waals surface area contributed by atoms with Gasteiger partial charge in [0.1, 0.15) is 24.8 Å². The van der Waals surface area contributed by atoms with Crippen molar-refractivity contribution >= 4 is 17.6 Å². The topological polar surface area (TPSA) is 209 Å². The van der Waals surface area contributed by atoms with Crippen LogP contribution in [0.1, 0.15) is 47.2 Å². The summed E-state index contributed by atoms with van der Waals surface area (Å²) in [6.07, 6.45) is 2.49. The highest BCUT2D eigenvalue weighted by Crippen LogP contribution is 2.45. The van der Waals surface area contributed by atoms with Gasteiger partial charge in [-0.2, -0.15) is 9.78 Å². The average molecular weight is 628 g/mol. The Balaban J connectivity index is 0.000000719. The number of hydrogen-bond acceptors (Lipinski definition) is 11. The van der Waals surface area contributed by atoms with Gasteiger partial charge in [0.15, 0.2) is 23.2 Å². The molecule has 0 bridgehead atoms. The van der Waals surface area contributed by atoms with Gasteiger partial charge in [-0.1, -0.05) is 24.3 Å². The van der Waals surface area contributed by atoms with Crippen LogP contribution in [0, 0.1) is 12.7 Å². The third-order valence-corrected chi connectivity index (χ3v) is 5.87. The van der Waals surface area contributed by atoms with Crippen molar-refractivity contribution in [3.05, 3.63) is 88.1 Å². The van der Waals surface area contributed by atoms with E-state index in [-0.39, 0.29) is 59.8 Å². The molecule has 1 aliphatic rings. The molecule has 0 fully saturated rings. The SMILES string of the molecule is C=CN.CC(=O)O.CCOC(=O)c1cn[nH]c1-n1nc(C(Nc2ccc(C)cc2)c2cc(OC)c3c(c2F)OCCO3)[nH]c1=O. The second-order valence-corrected chi connectivity index (χ2v) is 9.12. The highest BCUT2D eigenvalue weighted by molar-refractivity contribution is 5.92. The zero-order valence-electron chi connectivity index (χ0n) is 25.0. The molecule has 2 aromatic heterocycles. The van der Waals surface area contributed by atoms with Crippen LogP contribution in [-0.2, 0) is 9.53 Å². The van der Waals surface area contributed by atoms with Crippen LogP contribution in [-0.4, -0.2) is 68.9 Å². The lowest BCUT2D eigenvalue weighted by molar-refractivity contribution is -0.134. The maximum Gasteiger partial charge on any atom is 0.349 e. The Kier molecular flexibility index (Phi) is 11.7. The number of nitrogens with one attached hydrogen (secondary N) is 3. The number of aryl methyl sites for hydroxylation is 1. The molecule has 1 unspecified atom stereocenters. The first-order valence-corrected chi connectivity index (χ1v) is 13.5. The molecule has 16 heteroatoms. The Morgan fingerprint density at radius 1 is 1.27 bits per heavy atom. The molecule has 2 aromatic carbocycles. The number of carbonyl (C=O) groups excluding carboxylic acids is 1. The Morgan fingerprint density at radius 3 is 2.49 bits per heavy atom. The van der Waals surface area contributed by atoms with E-state index in [0.717, 1.165) is 17.2 Å². The number of nitrogens with zero attached hydrogens (tertiary/aromatic N) is 3. The van der Waals surface area contributed by atoms with Gasteiger partial charge >= 0.3 is 11.7 Å². The van der Waals surface area contributed by atoms with Crippen molar-refractivity contribution in [2.24, 2.45) is 5.73 Å². The van der Waals surface area contributed by atoms with Gasteiger partial charge in [-0.05, 0) is 38.2 Å². The molecular formula is C29H34FN7O8. The molecule has 0 saturated carbocycles. The van der Waals surface area contributed by atoms with E-state index in [4.69, 9.17) is 28.8 Å². The monoisotopic (exact) mass is 627 g/mol. The molecule has 4 aromatic rings. The van der Waals surface area contributed by atoms with Crippen LogP contribution in [0.5, 0.6) is 17.2 Å². The van der Waals surface area contributed by atoms with Gasteiger partial charge in [0.2, 0.25) is 11.5 Å². The standard InChI is InChI=1S/C25H25FN6O6.C2H5N.C2H4O2/c1-4-36-24(33)16-12-27-30-23(16)32-25(34)29-22(31-32)19(28-14-7-5-13(2)6-8-14)15-11-17(35-3)20-21(18(15)26)38-10-9-37-20;1-2-3;1-2(3)4/h5-8,11-12,19,28H,4,9-10H2,1-3H3,(H,27,30)(H,29,31,34);2H,1,3H2;1H3,(H,3,4). The van der Waals surface area contributed by atoms with E-state index in [9.17, 15) is 9.59 Å². The van der Waals surface area contributed by atoms with Crippen molar-refractivity contribution in [3.63, 3.8) is 0 Å². The number of halogens is 1. The average Bonchev–Trinajstić information content (AvgIpc) is 3.64. The van der Waals surface area contributed by atoms with Crippen LogP contribution in [0.15, 0.2) is 54.1 Å². The van der Waals surface area contributed by atoms with E-state index in [1.165, 1.54) is 25.6 Å². The van der Waals surface area contributed by atoms with Gasteiger partial charge in [-0.3, -0.25) is 14.9 Å². The van der Waals surface area contributed by atoms with Crippen molar-refractivity contribution in [1.82, 2.24) is 25.0 Å². The van der Waals surface area contributed by atoms with Crippen molar-refractivity contribution in [1.29, 1.82) is 0 Å². The van der Waals surface area contributed by atoms with Gasteiger partial charge in [0.25, 0.3) is 5.97 Å². The molecule has 0 spiro atoms. The minimum Gasteiger partial charge on any atom is -0.493 e. The number of rotatable bonds is 8. The zero-order valence-corrected chi connectivity index (χ0v) is 25.0. The van der Waals surface area contributed by atoms with Crippen molar-refractivity contribution in [2.45, 2.75) is 26.8 Å². The lowest BCUT2D eigenvalue weighted by Gasteiger charge is -2.25. The first-order chi connectivity index (χ1) is 21.6. The Morgan fingerprint density at radius 2 is 1.89 bits per heavy atom. The summed E-state index contributed by atoms with van der Waals surface area (Å²) in [6.45, 7) is 8.37. The van der Waals surface area contributed by atoms with Crippen LogP contribution >= 0.6 is 0 Å². The quantitative estimate of drug-likeness (QED) is 0.179. The first kappa shape index (κ1) is 33.7. The minimum atomic E-state index is -1.01. The van der Waals surface area contributed by atoms with E-state index >= 15 is 4.39 Å². The summed E-state index contributed by atoms with van der Waals surface area (Å²) in [6, 6.07) is 7.86. The normalized spacial score (nSPS) is 11.9. The molecule has 6 N–H and O–H groups in total. The largest absolute Gasteiger partial charge is 0.493 e. The number of benzene rings is 2. The summed E-state index contributed by atoms with van der Waals surface area (Å²) in [5, 5.41) is 21.5. The van der Waals surface area contributed by atoms with Crippen LogP contribution in [0.2, 0.25) is 0 Å². The van der Waals surface area contributed by atoms with Crippen molar-refractivity contribution in [3.8, 4) is 23.1 Å². The number of esters is 1. The number of hydrogen-bond donors (Lipinski definition) is 5. The van der Waals surface area contributed by atoms with Crippen molar-refractivity contribution < 1.29 is 38.0 Å². The van der Waals surface area contributed by atoms with E-state index in [1.807, 2.05) is 31.2 Å². The summed E-state index contributed by atoms with van der Waals surface area (Å²) < 4.78 is 38.5. The molecule has 1 atom stereocenters. The highest BCUT2D eigenvalue weighted by atomic mass is 19.1. The predicted molar refractivity (Wildman–Crippen MR) is 161 cm³/mol. The van der Waals surface area contributed by atoms with E-state index < -0.39 is 29.5 Å². The summed E-state index contributed by atoms with van der Waals surface area (Å²) in [5.74, 6) is -1.83. The first-order valence-electron chi connectivity index (χ1n) is 13.5. The van der Waals surface area contributed by atoms with E-state index in [1.54, 1.807) is 6.92 Å². The Bertz CT molecular complexity index is 1680. The highest BCUT2D eigenvalue weighted by Gasteiger charge is 2.31. The summed E-state index contributed by atoms with van der Waals surface area (Å²) in [7, 11) is 1.43. The number of carboxylic acid groups (broad SMARTS) is 1. The molecular weight excluding hydrogens is 593 g/mol. The maximum absolute atomic E-state index is 15.9. The summed E-state index contributed by atoms with van der Waals surface area (Å²) in [4.78, 5) is 37.0. The lowest BCUT2D eigenvalue weighted by atomic mass is 10.0. The smallest absolute Gasteiger partial charge is 0.349 e. The summed E-state index contributed by atoms with van der Waals surface area (Å²) in [5.41, 5.74) is 5.70. The fraction of sp³-hybridized carbons (Fsp3) is 0.276. The number of H-pyrrole nitrogens is 2. The number of nitrogens with two attached hydrogens (primary N) is 1. The molecule has 5 rings (SSSR count). The van der Waals surface area contributed by atoms with Crippen LogP contribution in [0.25, 0.3) is 5.82 Å². The van der Waals surface area contributed by atoms with Crippen LogP contribution in [0.4, 0.5) is 10.1 Å². The molecule has 3 heterocycles. The van der Waals surface area contributed by atoms with E-state index in [2.05, 4.69) is 37.9 Å². The molecule has 45 heavy (non-hydrogen) atoms. The second kappa shape index (κ2) is 15.6. The predicted octanol–water partition coefficient (Wildman–Crippen LogP) is 3.07. The summed E-state index contributed by atoms with van der Waals surface area (Å²) >= 11 is 0. The Labute approximate surface area is 256 Å². The fourth-order valence-corrected chi connectivity index (χ4v) is 4.06. The molecule has 1 aliphatic heterocycles. The number of aliphatic carboxylic acids is 1. The lowest BCUT2D eigenvalue weighted by Crippen LogP contribution is -2.21. The molecule has 0 radical (unpaired) electrons. The Hall–Kier alpha value is -5.80. The molecule has 0 amide bonds. The molecule has 0 aliphatic carbocycles. The molecule has 240 valence electrons. The fourth-order valence-electron chi connectivity index (χ4n) is 4.06. The number of aromatic amines is 2. The molecule has 15 nitrogen and oxygen atoms in total. The number of fused-ring (bicyclic) bond motifs is 1. The van der Waals surface area contributed by atoms with E-state index in [0.29, 0.717) is 5.69 Å². The van der Waals surface area contributed by atoms with Crippen LogP contribution < -0.4 is 31.0 Å². The number of methoxy groups -OCH3 is 1. The van der Waals surface area contributed by atoms with Gasteiger partial charge in [-0.15, -0.1) is 5.10 Å². The van der Waals surface area contributed by atoms with Gasteiger partial charge < -0.3 is 35.1 Å². The third kappa shape index (κ3) is 8.19. The third-order valence-electron chi connectivity index (χ3n) is 5.87.